The smallest absolute Gasteiger partial charge is 0.307 e. The Bertz CT molecular complexity index is 654. The predicted octanol–water partition coefficient (Wildman–Crippen LogP) is 2.82. The first-order valence-electron chi connectivity index (χ1n) is 7.36. The quantitative estimate of drug-likeness (QED) is 0.941. The van der Waals surface area contributed by atoms with Crippen molar-refractivity contribution in [3.8, 4) is 5.69 Å². The molecule has 5 nitrogen and oxygen atoms in total. The summed E-state index contributed by atoms with van der Waals surface area (Å²) in [4.78, 5) is 13.3. The van der Waals surface area contributed by atoms with Gasteiger partial charge < -0.3 is 5.11 Å². The Labute approximate surface area is 134 Å². The number of nitrogens with zero attached hydrogens (tertiary/aromatic N) is 3. The Balaban J connectivity index is 1.66. The van der Waals surface area contributed by atoms with Crippen LogP contribution < -0.4 is 0 Å². The van der Waals surface area contributed by atoms with Crippen molar-refractivity contribution in [2.75, 3.05) is 13.1 Å². The van der Waals surface area contributed by atoms with E-state index >= 15 is 0 Å². The van der Waals surface area contributed by atoms with E-state index in [0.717, 1.165) is 37.2 Å². The Morgan fingerprint density at radius 3 is 2.86 bits per heavy atom. The summed E-state index contributed by atoms with van der Waals surface area (Å²) in [6.45, 7) is 2.29. The van der Waals surface area contributed by atoms with Gasteiger partial charge in [-0.05, 0) is 43.7 Å². The lowest BCUT2D eigenvalue weighted by atomic mass is 9.98. The minimum absolute atomic E-state index is 0.250. The molecule has 1 aromatic heterocycles. The second-order valence-corrected chi connectivity index (χ2v) is 6.12. The highest BCUT2D eigenvalue weighted by molar-refractivity contribution is 6.30. The zero-order valence-electron chi connectivity index (χ0n) is 12.2. The van der Waals surface area contributed by atoms with Gasteiger partial charge in [-0.2, -0.15) is 5.10 Å². The summed E-state index contributed by atoms with van der Waals surface area (Å²) in [6, 6.07) is 7.50. The van der Waals surface area contributed by atoms with Crippen LogP contribution in [0.25, 0.3) is 5.69 Å². The lowest BCUT2D eigenvalue weighted by Gasteiger charge is -2.30. The van der Waals surface area contributed by atoms with Gasteiger partial charge in [0.2, 0.25) is 0 Å². The Hall–Kier alpha value is -1.85. The van der Waals surface area contributed by atoms with Gasteiger partial charge in [0.15, 0.2) is 0 Å². The number of carboxylic acid groups (broad SMARTS) is 1. The third-order valence-corrected chi connectivity index (χ3v) is 4.24. The van der Waals surface area contributed by atoms with Gasteiger partial charge in [0.25, 0.3) is 0 Å². The first-order valence-corrected chi connectivity index (χ1v) is 7.74. The van der Waals surface area contributed by atoms with Gasteiger partial charge in [-0.1, -0.05) is 11.6 Å². The molecule has 0 radical (unpaired) electrons. The lowest BCUT2D eigenvalue weighted by Crippen LogP contribution is -2.38. The molecule has 1 unspecified atom stereocenters. The van der Waals surface area contributed by atoms with Crippen molar-refractivity contribution in [2.45, 2.75) is 19.4 Å². The third kappa shape index (κ3) is 3.48. The number of piperidine rings is 1. The van der Waals surface area contributed by atoms with E-state index < -0.39 is 5.97 Å². The normalized spacial score (nSPS) is 19.2. The van der Waals surface area contributed by atoms with Gasteiger partial charge >= 0.3 is 5.97 Å². The Kier molecular flexibility index (Phi) is 4.45. The van der Waals surface area contributed by atoms with E-state index in [1.807, 2.05) is 41.3 Å². The maximum Gasteiger partial charge on any atom is 0.307 e. The third-order valence-electron chi connectivity index (χ3n) is 3.99. The number of hydrogen-bond acceptors (Lipinski definition) is 3. The molecule has 0 spiro atoms. The van der Waals surface area contributed by atoms with Gasteiger partial charge in [0.05, 0.1) is 17.8 Å². The zero-order chi connectivity index (χ0) is 15.5. The average molecular weight is 320 g/mol. The molecule has 0 bridgehead atoms. The van der Waals surface area contributed by atoms with E-state index in [4.69, 9.17) is 16.7 Å². The van der Waals surface area contributed by atoms with E-state index in [1.165, 1.54) is 0 Å². The van der Waals surface area contributed by atoms with E-state index in [1.54, 1.807) is 0 Å². The molecule has 3 rings (SSSR count). The van der Waals surface area contributed by atoms with Crippen LogP contribution in [0.4, 0.5) is 0 Å². The monoisotopic (exact) mass is 319 g/mol. The Morgan fingerprint density at radius 1 is 1.36 bits per heavy atom. The highest BCUT2D eigenvalue weighted by Crippen LogP contribution is 2.19. The summed E-state index contributed by atoms with van der Waals surface area (Å²) in [5.74, 6) is -0.943. The van der Waals surface area contributed by atoms with Crippen LogP contribution in [0.1, 0.15) is 18.4 Å². The fraction of sp³-hybridized carbons (Fsp3) is 0.375. The molecule has 1 aliphatic heterocycles. The number of carboxylic acids is 1. The zero-order valence-corrected chi connectivity index (χ0v) is 12.9. The van der Waals surface area contributed by atoms with Gasteiger partial charge in [-0.3, -0.25) is 9.69 Å². The van der Waals surface area contributed by atoms with Crippen LogP contribution in [0.3, 0.4) is 0 Å². The van der Waals surface area contributed by atoms with E-state index in [9.17, 15) is 4.79 Å². The lowest BCUT2D eigenvalue weighted by molar-refractivity contribution is -0.143. The van der Waals surface area contributed by atoms with Crippen LogP contribution >= 0.6 is 11.6 Å². The first-order chi connectivity index (χ1) is 10.6. The molecule has 2 aromatic rings. The second kappa shape index (κ2) is 6.50. The van der Waals surface area contributed by atoms with Crippen molar-refractivity contribution in [3.63, 3.8) is 0 Å². The van der Waals surface area contributed by atoms with Crippen molar-refractivity contribution >= 4 is 17.6 Å². The molecule has 1 saturated heterocycles. The van der Waals surface area contributed by atoms with Crippen molar-refractivity contribution in [1.29, 1.82) is 0 Å². The summed E-state index contributed by atoms with van der Waals surface area (Å²) in [5, 5.41) is 14.2. The largest absolute Gasteiger partial charge is 0.481 e. The van der Waals surface area contributed by atoms with Crippen LogP contribution in [0.5, 0.6) is 0 Å². The van der Waals surface area contributed by atoms with Crippen molar-refractivity contribution in [1.82, 2.24) is 14.7 Å². The van der Waals surface area contributed by atoms with Crippen LogP contribution in [0.15, 0.2) is 36.7 Å². The summed E-state index contributed by atoms with van der Waals surface area (Å²) in [7, 11) is 0. The molecular weight excluding hydrogens is 302 g/mol. The van der Waals surface area contributed by atoms with E-state index in [2.05, 4.69) is 10.00 Å². The standard InChI is InChI=1S/C16H18ClN3O2/c17-14-3-5-15(6-4-14)20-10-12(8-18-20)9-19-7-1-2-13(11-19)16(21)22/h3-6,8,10,13H,1-2,7,9,11H2,(H,21,22). The summed E-state index contributed by atoms with van der Waals surface area (Å²) in [6.07, 6.45) is 5.52. The fourth-order valence-electron chi connectivity index (χ4n) is 2.84. The maximum atomic E-state index is 11.1. The number of rotatable bonds is 4. The topological polar surface area (TPSA) is 58.4 Å². The van der Waals surface area contributed by atoms with Gasteiger partial charge in [0, 0.05) is 29.9 Å². The van der Waals surface area contributed by atoms with Crippen molar-refractivity contribution in [3.05, 3.63) is 47.2 Å². The first kappa shape index (κ1) is 15.1. The minimum atomic E-state index is -0.693. The maximum absolute atomic E-state index is 11.1. The highest BCUT2D eigenvalue weighted by Gasteiger charge is 2.25. The molecule has 0 saturated carbocycles. The molecule has 6 heteroatoms. The number of carbonyl (C=O) groups is 1. The molecule has 22 heavy (non-hydrogen) atoms. The fourth-order valence-corrected chi connectivity index (χ4v) is 2.96. The molecule has 1 N–H and O–H groups in total. The molecule has 0 aliphatic carbocycles. The number of benzene rings is 1. The van der Waals surface area contributed by atoms with E-state index in [-0.39, 0.29) is 5.92 Å². The Morgan fingerprint density at radius 2 is 2.14 bits per heavy atom. The van der Waals surface area contributed by atoms with Crippen LogP contribution in [0, 0.1) is 5.92 Å². The molecule has 0 amide bonds. The van der Waals surface area contributed by atoms with Gasteiger partial charge in [-0.25, -0.2) is 4.68 Å². The number of halogens is 1. The molecule has 1 fully saturated rings. The van der Waals surface area contributed by atoms with Crippen LogP contribution in [-0.4, -0.2) is 38.8 Å². The van der Waals surface area contributed by atoms with E-state index in [0.29, 0.717) is 11.6 Å². The molecule has 1 aliphatic rings. The SMILES string of the molecule is O=C(O)C1CCCN(Cc2cnn(-c3ccc(Cl)cc3)c2)C1. The number of aromatic nitrogens is 2. The summed E-state index contributed by atoms with van der Waals surface area (Å²) < 4.78 is 1.81. The predicted molar refractivity (Wildman–Crippen MR) is 84.2 cm³/mol. The highest BCUT2D eigenvalue weighted by atomic mass is 35.5. The second-order valence-electron chi connectivity index (χ2n) is 5.68. The molecule has 1 atom stereocenters. The molecule has 2 heterocycles. The number of aliphatic carboxylic acids is 1. The summed E-state index contributed by atoms with van der Waals surface area (Å²) in [5.41, 5.74) is 2.04. The number of hydrogen-bond donors (Lipinski definition) is 1. The molecular formula is C16H18ClN3O2. The van der Waals surface area contributed by atoms with Crippen molar-refractivity contribution in [2.24, 2.45) is 5.92 Å². The van der Waals surface area contributed by atoms with Crippen molar-refractivity contribution < 1.29 is 9.90 Å². The number of likely N-dealkylation sites (tertiary alicyclic amines) is 1. The van der Waals surface area contributed by atoms with Gasteiger partial charge in [-0.15, -0.1) is 0 Å². The molecule has 1 aromatic carbocycles. The van der Waals surface area contributed by atoms with Crippen LogP contribution in [0.2, 0.25) is 5.02 Å². The summed E-state index contributed by atoms with van der Waals surface area (Å²) >= 11 is 5.89. The molecule has 116 valence electrons. The average Bonchev–Trinajstić information content (AvgIpc) is 2.96. The van der Waals surface area contributed by atoms with Crippen LogP contribution in [-0.2, 0) is 11.3 Å². The van der Waals surface area contributed by atoms with Gasteiger partial charge in [0.1, 0.15) is 0 Å². The minimum Gasteiger partial charge on any atom is -0.481 e.